The first-order valence-electron chi connectivity index (χ1n) is 7.17. The van der Waals surface area contributed by atoms with Crippen LogP contribution in [0.2, 0.25) is 0 Å². The highest BCUT2D eigenvalue weighted by molar-refractivity contribution is 5.51. The first kappa shape index (κ1) is 15.0. The van der Waals surface area contributed by atoms with Crippen molar-refractivity contribution >= 4 is 23.7 Å². The van der Waals surface area contributed by atoms with Crippen molar-refractivity contribution in [1.82, 2.24) is 24.7 Å². The Morgan fingerprint density at radius 2 is 1.81 bits per heavy atom. The molecule has 2 N–H and O–H groups in total. The number of nitrogens with one attached hydrogen (secondary N) is 2. The van der Waals surface area contributed by atoms with Gasteiger partial charge in [0.2, 0.25) is 17.8 Å². The minimum absolute atomic E-state index is 0.488. The molecule has 8 heteroatoms. The summed E-state index contributed by atoms with van der Waals surface area (Å²) in [6.07, 6.45) is 1.86. The molecule has 0 atom stereocenters. The highest BCUT2D eigenvalue weighted by Gasteiger charge is 2.11. The first-order chi connectivity index (χ1) is 10.2. The fourth-order valence-electron chi connectivity index (χ4n) is 1.90. The lowest BCUT2D eigenvalue weighted by atomic mass is 10.5. The van der Waals surface area contributed by atoms with E-state index in [0.717, 1.165) is 19.6 Å². The average Bonchev–Trinajstić information content (AvgIpc) is 2.86. The van der Waals surface area contributed by atoms with Gasteiger partial charge in [-0.05, 0) is 20.8 Å². The van der Waals surface area contributed by atoms with Crippen LogP contribution in [0.15, 0.2) is 12.3 Å². The van der Waals surface area contributed by atoms with Gasteiger partial charge in [-0.1, -0.05) is 0 Å². The second-order valence-corrected chi connectivity index (χ2v) is 4.48. The summed E-state index contributed by atoms with van der Waals surface area (Å²) in [5.74, 6) is 2.41. The minimum Gasteiger partial charge on any atom is -0.354 e. The summed E-state index contributed by atoms with van der Waals surface area (Å²) >= 11 is 0. The molecule has 0 fully saturated rings. The molecule has 114 valence electrons. The lowest BCUT2D eigenvalue weighted by Gasteiger charge is -2.19. The van der Waals surface area contributed by atoms with E-state index in [1.54, 1.807) is 4.68 Å². The fraction of sp³-hybridized carbons (Fsp3) is 0.538. The number of aryl methyl sites for hydroxylation is 1. The third-order valence-corrected chi connectivity index (χ3v) is 2.96. The Kier molecular flexibility index (Phi) is 4.91. The van der Waals surface area contributed by atoms with Gasteiger partial charge >= 0.3 is 0 Å². The molecule has 0 radical (unpaired) electrons. The molecule has 21 heavy (non-hydrogen) atoms. The SMILES string of the molecule is CCNc1nc(Nc2ccn(C)n2)nc(N(CC)CC)n1. The predicted molar refractivity (Wildman–Crippen MR) is 84.0 cm³/mol. The summed E-state index contributed by atoms with van der Waals surface area (Å²) in [6, 6.07) is 1.87. The van der Waals surface area contributed by atoms with Crippen LogP contribution in [0, 0.1) is 0 Å². The van der Waals surface area contributed by atoms with Crippen LogP contribution in [0.5, 0.6) is 0 Å². The summed E-state index contributed by atoms with van der Waals surface area (Å²) in [4.78, 5) is 15.3. The number of hydrogen-bond acceptors (Lipinski definition) is 7. The second-order valence-electron chi connectivity index (χ2n) is 4.48. The summed E-state index contributed by atoms with van der Waals surface area (Å²) < 4.78 is 1.72. The van der Waals surface area contributed by atoms with Gasteiger partial charge in [-0.15, -0.1) is 0 Å². The van der Waals surface area contributed by atoms with Crippen molar-refractivity contribution in [3.8, 4) is 0 Å². The largest absolute Gasteiger partial charge is 0.354 e. The normalized spacial score (nSPS) is 10.5. The zero-order valence-corrected chi connectivity index (χ0v) is 13.0. The molecule has 0 saturated heterocycles. The van der Waals surface area contributed by atoms with Gasteiger partial charge in [-0.2, -0.15) is 20.1 Å². The average molecular weight is 290 g/mol. The molecule has 8 nitrogen and oxygen atoms in total. The van der Waals surface area contributed by atoms with Crippen LogP contribution < -0.4 is 15.5 Å². The molecule has 2 aromatic rings. The van der Waals surface area contributed by atoms with Crippen LogP contribution in [0.3, 0.4) is 0 Å². The van der Waals surface area contributed by atoms with E-state index >= 15 is 0 Å². The van der Waals surface area contributed by atoms with Gasteiger partial charge in [0.05, 0.1) is 0 Å². The Morgan fingerprint density at radius 1 is 1.10 bits per heavy atom. The number of nitrogens with zero attached hydrogens (tertiary/aromatic N) is 6. The van der Waals surface area contributed by atoms with Gasteiger partial charge in [0.25, 0.3) is 0 Å². The highest BCUT2D eigenvalue weighted by Crippen LogP contribution is 2.16. The molecule has 0 aliphatic carbocycles. The number of hydrogen-bond donors (Lipinski definition) is 2. The highest BCUT2D eigenvalue weighted by atomic mass is 15.3. The van der Waals surface area contributed by atoms with Crippen molar-refractivity contribution in [2.24, 2.45) is 7.05 Å². The molecule has 0 amide bonds. The molecule has 0 unspecified atom stereocenters. The van der Waals surface area contributed by atoms with Crippen LogP contribution in [-0.4, -0.2) is 44.4 Å². The minimum atomic E-state index is 0.488. The van der Waals surface area contributed by atoms with E-state index in [1.807, 2.05) is 26.2 Å². The third-order valence-electron chi connectivity index (χ3n) is 2.96. The van der Waals surface area contributed by atoms with Crippen molar-refractivity contribution in [2.75, 3.05) is 35.2 Å². The Labute approximate surface area is 124 Å². The number of aromatic nitrogens is 5. The first-order valence-corrected chi connectivity index (χ1v) is 7.17. The Balaban J connectivity index is 2.30. The predicted octanol–water partition coefficient (Wildman–Crippen LogP) is 1.63. The van der Waals surface area contributed by atoms with Gasteiger partial charge in [0.1, 0.15) is 0 Å². The van der Waals surface area contributed by atoms with E-state index in [1.165, 1.54) is 0 Å². The van der Waals surface area contributed by atoms with Crippen LogP contribution in [0.4, 0.5) is 23.7 Å². The van der Waals surface area contributed by atoms with Crippen LogP contribution in [-0.2, 0) is 7.05 Å². The van der Waals surface area contributed by atoms with Crippen molar-refractivity contribution in [2.45, 2.75) is 20.8 Å². The second kappa shape index (κ2) is 6.87. The van der Waals surface area contributed by atoms with Crippen LogP contribution in [0.25, 0.3) is 0 Å². The molecule has 2 heterocycles. The molecular formula is C13H22N8. The molecule has 0 spiro atoms. The van der Waals surface area contributed by atoms with Gasteiger partial charge in [0, 0.05) is 38.9 Å². The zero-order chi connectivity index (χ0) is 15.2. The number of rotatable bonds is 7. The van der Waals surface area contributed by atoms with Gasteiger partial charge < -0.3 is 15.5 Å². The Hall–Kier alpha value is -2.38. The maximum absolute atomic E-state index is 4.47. The Bertz CT molecular complexity index is 575. The van der Waals surface area contributed by atoms with Gasteiger partial charge in [-0.25, -0.2) is 0 Å². The fourth-order valence-corrected chi connectivity index (χ4v) is 1.90. The standard InChI is InChI=1S/C13H22N8/c1-5-14-11-16-12(15-10-8-9-20(4)19-10)18-13(17-11)21(6-2)7-3/h8-9H,5-7H2,1-4H3,(H2,14,15,16,17,18,19). The quantitative estimate of drug-likeness (QED) is 0.801. The van der Waals surface area contributed by atoms with Crippen molar-refractivity contribution < 1.29 is 0 Å². The molecule has 2 rings (SSSR count). The van der Waals surface area contributed by atoms with Crippen LogP contribution in [0.1, 0.15) is 20.8 Å². The van der Waals surface area contributed by atoms with Crippen LogP contribution >= 0.6 is 0 Å². The lowest BCUT2D eigenvalue weighted by Crippen LogP contribution is -2.25. The molecule has 0 bridgehead atoms. The molecule has 2 aromatic heterocycles. The molecule has 0 aliphatic rings. The molecule has 0 saturated carbocycles. The topological polar surface area (TPSA) is 83.8 Å². The monoisotopic (exact) mass is 290 g/mol. The maximum Gasteiger partial charge on any atom is 0.235 e. The van der Waals surface area contributed by atoms with E-state index in [4.69, 9.17) is 0 Å². The van der Waals surface area contributed by atoms with Crippen molar-refractivity contribution in [3.63, 3.8) is 0 Å². The lowest BCUT2D eigenvalue weighted by molar-refractivity contribution is 0.770. The summed E-state index contributed by atoms with van der Waals surface area (Å²) in [6.45, 7) is 8.60. The molecule has 0 aliphatic heterocycles. The summed E-state index contributed by atoms with van der Waals surface area (Å²) in [5, 5.41) is 10.5. The van der Waals surface area contributed by atoms with Crippen molar-refractivity contribution in [3.05, 3.63) is 12.3 Å². The molecular weight excluding hydrogens is 268 g/mol. The smallest absolute Gasteiger partial charge is 0.235 e. The van der Waals surface area contributed by atoms with Crippen molar-refractivity contribution in [1.29, 1.82) is 0 Å². The van der Waals surface area contributed by atoms with E-state index in [-0.39, 0.29) is 0 Å². The van der Waals surface area contributed by atoms with E-state index < -0.39 is 0 Å². The van der Waals surface area contributed by atoms with E-state index in [2.05, 4.69) is 49.4 Å². The van der Waals surface area contributed by atoms with E-state index in [0.29, 0.717) is 23.7 Å². The summed E-state index contributed by atoms with van der Waals surface area (Å²) in [7, 11) is 1.87. The Morgan fingerprint density at radius 3 is 2.38 bits per heavy atom. The number of anilines is 4. The summed E-state index contributed by atoms with van der Waals surface area (Å²) in [5.41, 5.74) is 0. The maximum atomic E-state index is 4.47. The zero-order valence-electron chi connectivity index (χ0n) is 13.0. The van der Waals surface area contributed by atoms with Gasteiger partial charge in [0.15, 0.2) is 5.82 Å². The molecule has 0 aromatic carbocycles. The van der Waals surface area contributed by atoms with E-state index in [9.17, 15) is 0 Å². The van der Waals surface area contributed by atoms with Gasteiger partial charge in [-0.3, -0.25) is 4.68 Å². The third kappa shape index (κ3) is 3.80.